The fraction of sp³-hybridized carbons (Fsp3) is 0.944. The molecule has 0 aromatic heterocycles. The summed E-state index contributed by atoms with van der Waals surface area (Å²) >= 11 is 0. The van der Waals surface area contributed by atoms with Crippen molar-refractivity contribution >= 4 is 35.3 Å². The molecule has 696 valence electrons. The van der Waals surface area contributed by atoms with Crippen LogP contribution >= 0.6 is 0 Å². The van der Waals surface area contributed by atoms with Crippen molar-refractivity contribution in [2.45, 2.75) is 577 Å². The Balaban J connectivity index is 1.38. The van der Waals surface area contributed by atoms with E-state index in [1.165, 1.54) is 231 Å². The van der Waals surface area contributed by atoms with Crippen molar-refractivity contribution in [3.05, 3.63) is 0 Å². The number of unbranched alkanes of at least 4 members (excludes halogenated alkanes) is 42. The molecule has 0 aromatic rings. The lowest BCUT2D eigenvalue weighted by Crippen LogP contribution is -2.92. The van der Waals surface area contributed by atoms with E-state index in [0.717, 1.165) is 154 Å². The van der Waals surface area contributed by atoms with E-state index in [1.807, 2.05) is 0 Å². The van der Waals surface area contributed by atoms with Gasteiger partial charge in [0.05, 0.1) is 17.8 Å². The summed E-state index contributed by atoms with van der Waals surface area (Å²) < 4.78 is 22.5. The molecule has 120 heavy (non-hydrogen) atoms. The Morgan fingerprint density at radius 2 is 0.367 bits per heavy atom. The predicted molar refractivity (Wildman–Crippen MR) is 496 cm³/mol. The first-order valence-electron chi connectivity index (χ1n) is 53.9. The Bertz CT molecular complexity index is 2560. The van der Waals surface area contributed by atoms with E-state index in [1.54, 1.807) is 0 Å². The standard InChI is InChI=1S/C108H192O12/c1-7-13-19-25-31-37-43-49-55-85-61-73-91(74-62-85)98(110)106(118-103(115)94-79-67-88(68-80-94)58-52-46-40-34-28-22-16-10-4)101(113)97(109)102(114)107(99(111)92-75-63-86(64-76-92)56-50-44-38-32-26-20-14-8-2,119-104(116)95-81-69-89(70-82-95)59-53-47-41-35-29-23-17-11-5)108(106,100(112)93-77-65-87(66-78-93)57-51-45-39-33-27-21-15-9-3)120-105(117)96-83-71-90(72-84-96)60-54-48-42-36-30-24-18-12-6/h85-97,101-102,109,113-114H,7-84H2,1-6H3/t85-,86-,87-,88-,89-,90-,91-,92-,93-,94-,95-,96-,97-,101-,102+,106+,107-,108-. The van der Waals surface area contributed by atoms with Crippen LogP contribution in [0.25, 0.3) is 0 Å². The van der Waals surface area contributed by atoms with Crippen molar-refractivity contribution in [3.8, 4) is 0 Å². The van der Waals surface area contributed by atoms with Gasteiger partial charge < -0.3 is 29.5 Å². The summed E-state index contributed by atoms with van der Waals surface area (Å²) in [5, 5.41) is 42.3. The Morgan fingerprint density at radius 1 is 0.208 bits per heavy atom. The molecular formula is C108H192O12. The summed E-state index contributed by atoms with van der Waals surface area (Å²) in [5.74, 6) is -8.67. The zero-order chi connectivity index (χ0) is 85.9. The van der Waals surface area contributed by atoms with Gasteiger partial charge >= 0.3 is 17.9 Å². The molecule has 12 heteroatoms. The number of ketones is 3. The number of carbonyl (C=O) groups excluding carboxylic acids is 6. The minimum Gasteiger partial charge on any atom is -0.443 e. The third-order valence-electron chi connectivity index (χ3n) is 32.4. The van der Waals surface area contributed by atoms with Crippen LogP contribution in [0.1, 0.15) is 542 Å². The molecular weight excluding hydrogens is 1490 g/mol. The second-order valence-electron chi connectivity index (χ2n) is 41.8. The van der Waals surface area contributed by atoms with Gasteiger partial charge in [-0.05, 0) is 190 Å². The molecule has 3 N–H and O–H groups in total. The zero-order valence-electron chi connectivity index (χ0n) is 79.3. The average Bonchev–Trinajstić information content (AvgIpc) is 0.657. The van der Waals surface area contributed by atoms with Crippen LogP contribution in [-0.2, 0) is 43.0 Å². The molecule has 7 rings (SSSR count). The van der Waals surface area contributed by atoms with Crippen molar-refractivity contribution in [3.63, 3.8) is 0 Å². The van der Waals surface area contributed by atoms with Crippen LogP contribution in [0, 0.1) is 71.0 Å². The predicted octanol–water partition coefficient (Wildman–Crippen LogP) is 29.7. The first kappa shape index (κ1) is 104. The molecule has 6 atom stereocenters. The minimum absolute atomic E-state index is 0.268. The fourth-order valence-electron chi connectivity index (χ4n) is 24.1. The van der Waals surface area contributed by atoms with Crippen molar-refractivity contribution in [2.24, 2.45) is 71.0 Å². The Labute approximate surface area is 737 Å². The van der Waals surface area contributed by atoms with E-state index in [0.29, 0.717) is 120 Å². The molecule has 0 bridgehead atoms. The van der Waals surface area contributed by atoms with E-state index in [4.69, 9.17) is 14.2 Å². The first-order chi connectivity index (χ1) is 58.6. The van der Waals surface area contributed by atoms with E-state index >= 15 is 28.8 Å². The molecule has 7 fully saturated rings. The van der Waals surface area contributed by atoms with Crippen molar-refractivity contribution in [1.82, 2.24) is 0 Å². The highest BCUT2D eigenvalue weighted by molar-refractivity contribution is 6.12. The van der Waals surface area contributed by atoms with E-state index in [-0.39, 0.29) is 30.6 Å². The number of hydrogen-bond donors (Lipinski definition) is 3. The summed E-state index contributed by atoms with van der Waals surface area (Å²) in [6, 6.07) is 0. The van der Waals surface area contributed by atoms with Gasteiger partial charge in [0.2, 0.25) is 11.2 Å². The number of rotatable bonds is 66. The van der Waals surface area contributed by atoms with Crippen LogP contribution in [-0.4, -0.2) is 85.7 Å². The topological polar surface area (TPSA) is 191 Å². The summed E-state index contributed by atoms with van der Waals surface area (Å²) in [7, 11) is 0. The van der Waals surface area contributed by atoms with Gasteiger partial charge in [0.25, 0.3) is 5.60 Å². The van der Waals surface area contributed by atoms with Gasteiger partial charge in [-0.3, -0.25) is 28.8 Å². The normalized spacial score (nSPS) is 29.9. The fourth-order valence-corrected chi connectivity index (χ4v) is 24.1. The smallest absolute Gasteiger partial charge is 0.310 e. The molecule has 0 saturated heterocycles. The third-order valence-corrected chi connectivity index (χ3v) is 32.4. The second-order valence-corrected chi connectivity index (χ2v) is 41.8. The molecule has 12 nitrogen and oxygen atoms in total. The highest BCUT2D eigenvalue weighted by Gasteiger charge is 2.89. The molecule has 0 aliphatic heterocycles. The van der Waals surface area contributed by atoms with Crippen LogP contribution in [0.4, 0.5) is 0 Å². The molecule has 0 heterocycles. The Hall–Kier alpha value is -2.70. The van der Waals surface area contributed by atoms with Crippen LogP contribution in [0.3, 0.4) is 0 Å². The number of carbonyl (C=O) groups is 6. The number of aliphatic hydroxyl groups excluding tert-OH is 3. The molecule has 7 aliphatic rings. The number of hydrogen-bond acceptors (Lipinski definition) is 12. The zero-order valence-corrected chi connectivity index (χ0v) is 79.3. The largest absolute Gasteiger partial charge is 0.443 e. The van der Waals surface area contributed by atoms with E-state index < -0.39 is 106 Å². The van der Waals surface area contributed by atoms with Gasteiger partial charge in [0, 0.05) is 17.8 Å². The van der Waals surface area contributed by atoms with Crippen LogP contribution in [0.5, 0.6) is 0 Å². The Kier molecular flexibility index (Phi) is 53.0. The summed E-state index contributed by atoms with van der Waals surface area (Å²) in [6.45, 7) is 13.5. The van der Waals surface area contributed by atoms with Gasteiger partial charge in [0.1, 0.15) is 18.3 Å². The maximum atomic E-state index is 18.5. The third kappa shape index (κ3) is 33.4. The molecule has 0 aromatic carbocycles. The van der Waals surface area contributed by atoms with Gasteiger partial charge in [-0.2, -0.15) is 0 Å². The quantitative estimate of drug-likeness (QED) is 0.0297. The SMILES string of the molecule is CCCCCCCCCC[C@H]1CC[C@H](C(=O)O[C@@]2(C(=O)[C@H]3CC[C@H](CCCCCCCCCC)CC3)[C@@](OC(=O)[C@H]3CC[C@H](CCCCCCCCCC)CC3)(C(=O)[C@H]3CC[C@H](CCCCCCCCCC)CC3)[C@@H](O)[C@H](O)[C@@H](O)[C@@]2(OC(=O)[C@H]2CC[C@H](CCCCCCCCCC)CC2)C(=O)[C@H]2CC[C@H](CCCCCCCCCC)CC2)CC1. The highest BCUT2D eigenvalue weighted by atomic mass is 16.7. The van der Waals surface area contributed by atoms with Crippen molar-refractivity contribution < 1.29 is 58.3 Å². The lowest BCUT2D eigenvalue weighted by atomic mass is 9.49. The van der Waals surface area contributed by atoms with Crippen LogP contribution in [0.15, 0.2) is 0 Å². The number of aliphatic hydroxyl groups is 3. The van der Waals surface area contributed by atoms with Crippen LogP contribution < -0.4 is 0 Å². The van der Waals surface area contributed by atoms with E-state index in [2.05, 4.69) is 41.5 Å². The second kappa shape index (κ2) is 60.9. The lowest BCUT2D eigenvalue weighted by molar-refractivity contribution is -0.329. The summed E-state index contributed by atoms with van der Waals surface area (Å²) in [4.78, 5) is 105. The molecule has 0 radical (unpaired) electrons. The first-order valence-corrected chi connectivity index (χ1v) is 53.9. The van der Waals surface area contributed by atoms with Gasteiger partial charge in [-0.15, -0.1) is 0 Å². The average molecular weight is 1680 g/mol. The maximum Gasteiger partial charge on any atom is 0.310 e. The van der Waals surface area contributed by atoms with Gasteiger partial charge in [-0.25, -0.2) is 0 Å². The summed E-state index contributed by atoms with van der Waals surface area (Å²) in [6.07, 6.45) is 69.0. The molecule has 7 saturated carbocycles. The monoisotopic (exact) mass is 1680 g/mol. The molecule has 0 unspecified atom stereocenters. The minimum atomic E-state index is -3.46. The van der Waals surface area contributed by atoms with Gasteiger partial charge in [-0.1, -0.05) is 388 Å². The van der Waals surface area contributed by atoms with Crippen molar-refractivity contribution in [1.29, 1.82) is 0 Å². The number of esters is 3. The lowest BCUT2D eigenvalue weighted by Gasteiger charge is -2.63. The maximum absolute atomic E-state index is 18.5. The van der Waals surface area contributed by atoms with Crippen molar-refractivity contribution in [2.75, 3.05) is 0 Å². The van der Waals surface area contributed by atoms with E-state index in [9.17, 15) is 15.3 Å². The molecule has 7 aliphatic carbocycles. The summed E-state index contributed by atoms with van der Waals surface area (Å²) in [5.41, 5.74) is -10.1. The van der Waals surface area contributed by atoms with Gasteiger partial charge in [0.15, 0.2) is 17.3 Å². The molecule has 0 spiro atoms. The Morgan fingerprint density at radius 3 is 0.558 bits per heavy atom. The number of Topliss-reactive ketones (excluding diaryl/α,β-unsaturated/α-hetero) is 3. The molecule has 0 amide bonds. The van der Waals surface area contributed by atoms with Crippen LogP contribution in [0.2, 0.25) is 0 Å². The highest BCUT2D eigenvalue weighted by Crippen LogP contribution is 2.60. The number of ether oxygens (including phenoxy) is 3.